The Kier molecular flexibility index (Phi) is 5.02. The molecule has 3 nitrogen and oxygen atoms in total. The summed E-state index contributed by atoms with van der Waals surface area (Å²) in [4.78, 5) is 7.95. The van der Waals surface area contributed by atoms with E-state index in [1.54, 1.807) is 11.3 Å². The zero-order valence-electron chi connectivity index (χ0n) is 12.2. The molecule has 5 heteroatoms. The van der Waals surface area contributed by atoms with Gasteiger partial charge in [0.05, 0.1) is 6.04 Å². The van der Waals surface area contributed by atoms with Crippen LogP contribution >= 0.6 is 22.9 Å². The first-order valence-corrected chi connectivity index (χ1v) is 7.83. The minimum absolute atomic E-state index is 0.234. The Morgan fingerprint density at radius 1 is 1.35 bits per heavy atom. The Morgan fingerprint density at radius 2 is 2.10 bits per heavy atom. The van der Waals surface area contributed by atoms with Gasteiger partial charge < -0.3 is 10.2 Å². The molecule has 108 valence electrons. The lowest BCUT2D eigenvalue weighted by Crippen LogP contribution is -2.21. The molecule has 0 saturated heterocycles. The van der Waals surface area contributed by atoms with E-state index in [1.165, 1.54) is 10.4 Å². The van der Waals surface area contributed by atoms with Crippen molar-refractivity contribution in [2.75, 3.05) is 19.0 Å². The molecule has 0 aliphatic heterocycles. The second kappa shape index (κ2) is 6.57. The minimum atomic E-state index is 0.234. The highest BCUT2D eigenvalue weighted by atomic mass is 35.5. The van der Waals surface area contributed by atoms with E-state index < -0.39 is 0 Å². The minimum Gasteiger partial charge on any atom is -0.344 e. The molecule has 2 rings (SSSR count). The number of thiazole rings is 1. The molecule has 0 fully saturated rings. The molecule has 2 unspecified atom stereocenters. The van der Waals surface area contributed by atoms with Gasteiger partial charge in [-0.3, -0.25) is 0 Å². The van der Waals surface area contributed by atoms with E-state index >= 15 is 0 Å². The molecule has 0 bridgehead atoms. The smallest absolute Gasteiger partial charge is 0.185 e. The van der Waals surface area contributed by atoms with Crippen molar-refractivity contribution in [3.05, 3.63) is 45.9 Å². The maximum atomic E-state index is 6.06. The van der Waals surface area contributed by atoms with Gasteiger partial charge in [0, 0.05) is 29.2 Å². The highest BCUT2D eigenvalue weighted by Gasteiger charge is 2.17. The van der Waals surface area contributed by atoms with Gasteiger partial charge in [0.25, 0.3) is 0 Å². The summed E-state index contributed by atoms with van der Waals surface area (Å²) >= 11 is 7.78. The lowest BCUT2D eigenvalue weighted by Gasteiger charge is -2.24. The Labute approximate surface area is 129 Å². The molecule has 0 saturated carbocycles. The number of rotatable bonds is 5. The highest BCUT2D eigenvalue weighted by Crippen LogP contribution is 2.31. The number of halogens is 1. The molecule has 1 aromatic heterocycles. The molecule has 0 amide bonds. The van der Waals surface area contributed by atoms with Gasteiger partial charge >= 0.3 is 0 Å². The van der Waals surface area contributed by atoms with Gasteiger partial charge in [-0.25, -0.2) is 4.98 Å². The van der Waals surface area contributed by atoms with Crippen molar-refractivity contribution in [3.63, 3.8) is 0 Å². The van der Waals surface area contributed by atoms with E-state index in [0.29, 0.717) is 6.04 Å². The van der Waals surface area contributed by atoms with Gasteiger partial charge in [0.15, 0.2) is 5.13 Å². The number of benzene rings is 1. The zero-order valence-corrected chi connectivity index (χ0v) is 13.8. The fraction of sp³-hybridized carbons (Fsp3) is 0.400. The second-order valence-corrected chi connectivity index (χ2v) is 6.37. The SMILES string of the molecule is CNC(C)c1cnc(N(C)C(C)c2cccc(Cl)c2)s1. The normalized spacial score (nSPS) is 14.1. The van der Waals surface area contributed by atoms with Crippen molar-refractivity contribution in [1.82, 2.24) is 10.3 Å². The van der Waals surface area contributed by atoms with Crippen LogP contribution in [0.1, 0.15) is 36.4 Å². The third-order valence-electron chi connectivity index (χ3n) is 3.58. The molecule has 0 aliphatic carbocycles. The van der Waals surface area contributed by atoms with Crippen LogP contribution in [0.4, 0.5) is 5.13 Å². The quantitative estimate of drug-likeness (QED) is 0.893. The van der Waals surface area contributed by atoms with Crippen molar-refractivity contribution in [2.45, 2.75) is 25.9 Å². The molecule has 1 N–H and O–H groups in total. The number of anilines is 1. The lowest BCUT2D eigenvalue weighted by atomic mass is 10.1. The Morgan fingerprint density at radius 3 is 2.75 bits per heavy atom. The first-order chi connectivity index (χ1) is 9.52. The fourth-order valence-electron chi connectivity index (χ4n) is 1.94. The van der Waals surface area contributed by atoms with Crippen molar-refractivity contribution in [1.29, 1.82) is 0 Å². The summed E-state index contributed by atoms with van der Waals surface area (Å²) in [5.41, 5.74) is 1.19. The molecule has 1 heterocycles. The molecule has 2 atom stereocenters. The van der Waals surface area contributed by atoms with E-state index in [9.17, 15) is 0 Å². The first-order valence-electron chi connectivity index (χ1n) is 6.64. The third-order valence-corrected chi connectivity index (χ3v) is 5.09. The van der Waals surface area contributed by atoms with Crippen molar-refractivity contribution >= 4 is 28.1 Å². The van der Waals surface area contributed by atoms with E-state index in [4.69, 9.17) is 11.6 Å². The molecule has 1 aromatic carbocycles. The number of hydrogen-bond acceptors (Lipinski definition) is 4. The van der Waals surface area contributed by atoms with E-state index in [-0.39, 0.29) is 6.04 Å². The van der Waals surface area contributed by atoms with Crippen LogP contribution in [-0.4, -0.2) is 19.1 Å². The number of hydrogen-bond donors (Lipinski definition) is 1. The third kappa shape index (κ3) is 3.32. The standard InChI is InChI=1S/C15H20ClN3S/c1-10(17-3)14-9-18-15(20-14)19(4)11(2)12-6-5-7-13(16)8-12/h5-11,17H,1-4H3. The van der Waals surface area contributed by atoms with Crippen LogP contribution in [0.5, 0.6) is 0 Å². The second-order valence-electron chi connectivity index (χ2n) is 4.90. The number of nitrogens with one attached hydrogen (secondary N) is 1. The average Bonchev–Trinajstić information content (AvgIpc) is 2.94. The fourth-order valence-corrected chi connectivity index (χ4v) is 3.16. The molecule has 20 heavy (non-hydrogen) atoms. The summed E-state index contributed by atoms with van der Waals surface area (Å²) in [6.07, 6.45) is 1.95. The van der Waals surface area contributed by atoms with Crippen LogP contribution in [0, 0.1) is 0 Å². The Bertz CT molecular complexity index is 570. The van der Waals surface area contributed by atoms with Crippen molar-refractivity contribution in [3.8, 4) is 0 Å². The summed E-state index contributed by atoms with van der Waals surface area (Å²) in [5.74, 6) is 0. The zero-order chi connectivity index (χ0) is 14.7. The molecule has 0 aliphatic rings. The maximum absolute atomic E-state index is 6.06. The van der Waals surface area contributed by atoms with Gasteiger partial charge in [-0.15, -0.1) is 11.3 Å². The topological polar surface area (TPSA) is 28.2 Å². The molecule has 2 aromatic rings. The highest BCUT2D eigenvalue weighted by molar-refractivity contribution is 7.15. The first kappa shape index (κ1) is 15.3. The van der Waals surface area contributed by atoms with Gasteiger partial charge in [-0.1, -0.05) is 23.7 Å². The summed E-state index contributed by atoms with van der Waals surface area (Å²) < 4.78 is 0. The average molecular weight is 310 g/mol. The molecule has 0 radical (unpaired) electrons. The van der Waals surface area contributed by atoms with E-state index in [0.717, 1.165) is 10.2 Å². The number of aromatic nitrogens is 1. The summed E-state index contributed by atoms with van der Waals surface area (Å²) in [5, 5.41) is 5.03. The number of nitrogens with zero attached hydrogens (tertiary/aromatic N) is 2. The van der Waals surface area contributed by atoms with Crippen LogP contribution in [0.3, 0.4) is 0 Å². The Hall–Kier alpha value is -1.10. The van der Waals surface area contributed by atoms with Gasteiger partial charge in [-0.05, 0) is 38.6 Å². The summed E-state index contributed by atoms with van der Waals surface area (Å²) in [6.45, 7) is 4.30. The van der Waals surface area contributed by atoms with Crippen molar-refractivity contribution in [2.24, 2.45) is 0 Å². The van der Waals surface area contributed by atoms with E-state index in [2.05, 4.69) is 42.2 Å². The van der Waals surface area contributed by atoms with Crippen LogP contribution < -0.4 is 10.2 Å². The predicted molar refractivity (Wildman–Crippen MR) is 87.9 cm³/mol. The summed E-state index contributed by atoms with van der Waals surface area (Å²) in [7, 11) is 4.03. The van der Waals surface area contributed by atoms with Crippen LogP contribution in [0.25, 0.3) is 0 Å². The predicted octanol–water partition coefficient (Wildman–Crippen LogP) is 4.27. The summed E-state index contributed by atoms with van der Waals surface area (Å²) in [6, 6.07) is 8.55. The largest absolute Gasteiger partial charge is 0.344 e. The van der Waals surface area contributed by atoms with Gasteiger partial charge in [-0.2, -0.15) is 0 Å². The van der Waals surface area contributed by atoms with Crippen LogP contribution in [-0.2, 0) is 0 Å². The molecular weight excluding hydrogens is 290 g/mol. The Balaban J connectivity index is 2.18. The van der Waals surface area contributed by atoms with E-state index in [1.807, 2.05) is 31.4 Å². The maximum Gasteiger partial charge on any atom is 0.185 e. The lowest BCUT2D eigenvalue weighted by molar-refractivity contribution is 0.662. The van der Waals surface area contributed by atoms with Gasteiger partial charge in [0.1, 0.15) is 0 Å². The molecular formula is C15H20ClN3S. The van der Waals surface area contributed by atoms with Crippen molar-refractivity contribution < 1.29 is 0 Å². The van der Waals surface area contributed by atoms with Crippen LogP contribution in [0.2, 0.25) is 5.02 Å². The van der Waals surface area contributed by atoms with Crippen LogP contribution in [0.15, 0.2) is 30.5 Å². The molecule has 0 spiro atoms. The monoisotopic (exact) mass is 309 g/mol. The van der Waals surface area contributed by atoms with Gasteiger partial charge in [0.2, 0.25) is 0 Å².